The van der Waals surface area contributed by atoms with Gasteiger partial charge in [-0.1, -0.05) is 27.2 Å². The summed E-state index contributed by atoms with van der Waals surface area (Å²) in [5, 5.41) is 5.50. The van der Waals surface area contributed by atoms with Crippen LogP contribution >= 0.6 is 0 Å². The normalized spacial score (nSPS) is 27.1. The molecule has 0 bridgehead atoms. The molecule has 0 unspecified atom stereocenters. The van der Waals surface area contributed by atoms with Crippen LogP contribution in [0.25, 0.3) is 0 Å². The van der Waals surface area contributed by atoms with E-state index in [1.54, 1.807) is 5.32 Å². The van der Waals surface area contributed by atoms with Gasteiger partial charge in [0, 0.05) is 25.3 Å². The number of rotatable bonds is 8. The van der Waals surface area contributed by atoms with Gasteiger partial charge in [0.2, 0.25) is 32.7 Å². The van der Waals surface area contributed by atoms with Gasteiger partial charge < -0.3 is 20.9 Å². The van der Waals surface area contributed by atoms with Crippen molar-refractivity contribution in [2.45, 2.75) is 77.2 Å². The smallest absolute Gasteiger partial charge is 0.356 e. The highest BCUT2D eigenvalue weighted by Gasteiger charge is 2.53. The molecule has 3 fully saturated rings. The van der Waals surface area contributed by atoms with Gasteiger partial charge in [-0.3, -0.25) is 19.2 Å². The van der Waals surface area contributed by atoms with Crippen LogP contribution in [0.15, 0.2) is 11.2 Å². The Kier molecular flexibility index (Phi) is 9.26. The minimum Gasteiger partial charge on any atom is -0.356 e. The van der Waals surface area contributed by atoms with Crippen LogP contribution in [0.1, 0.15) is 52.9 Å². The molecule has 2 heterocycles. The van der Waals surface area contributed by atoms with E-state index in [-0.39, 0.29) is 30.7 Å². The third kappa shape index (κ3) is 7.32. The fraction of sp³-hybridized carbons (Fsp3) is 0.760. The van der Waals surface area contributed by atoms with Gasteiger partial charge >= 0.3 is 12.1 Å². The minimum absolute atomic E-state index is 0.0826. The van der Waals surface area contributed by atoms with Crippen LogP contribution in [0.3, 0.4) is 0 Å². The number of amides is 4. The topological polar surface area (TPSA) is 142 Å². The number of alkyl halides is 3. The van der Waals surface area contributed by atoms with Crippen LogP contribution in [-0.2, 0) is 29.0 Å². The van der Waals surface area contributed by atoms with Crippen LogP contribution < -0.4 is 16.0 Å². The first kappa shape index (κ1) is 31.8. The quantitative estimate of drug-likeness (QED) is 0.364. The molecule has 6 atom stereocenters. The summed E-state index contributed by atoms with van der Waals surface area (Å²) >= 11 is 0. The van der Waals surface area contributed by atoms with Gasteiger partial charge in [-0.15, -0.1) is 0 Å². The SMILES string of the molecule is CC(C)(C)[C@@H](NC(=O)C(F)(F)F)C(=O)N1C[C@@H]2CCC[C@@H]2[C@@H]1C(=O)N[C@@H](/C=C(\F)S(C)(=O)=O)C[C@@H]1CCNC1=O. The van der Waals surface area contributed by atoms with Gasteiger partial charge in [0.25, 0.3) is 0 Å². The maximum Gasteiger partial charge on any atom is 0.471 e. The summed E-state index contributed by atoms with van der Waals surface area (Å²) in [5.74, 6) is -5.25. The summed E-state index contributed by atoms with van der Waals surface area (Å²) in [6, 6.07) is -3.95. The number of hydrogen-bond donors (Lipinski definition) is 3. The van der Waals surface area contributed by atoms with Crippen LogP contribution in [-0.4, -0.2) is 80.6 Å². The summed E-state index contributed by atoms with van der Waals surface area (Å²) in [6.07, 6.45) is -1.55. The highest BCUT2D eigenvalue weighted by Crippen LogP contribution is 2.43. The number of likely N-dealkylation sites (tertiary alicyclic amines) is 1. The summed E-state index contributed by atoms with van der Waals surface area (Å²) in [7, 11) is -4.24. The highest BCUT2D eigenvalue weighted by atomic mass is 32.2. The maximum absolute atomic E-state index is 14.5. The molecule has 15 heteroatoms. The minimum atomic E-state index is -5.22. The molecule has 4 amide bonds. The van der Waals surface area contributed by atoms with Crippen LogP contribution in [0.4, 0.5) is 17.6 Å². The first-order valence-electron chi connectivity index (χ1n) is 13.1. The van der Waals surface area contributed by atoms with E-state index < -0.39 is 68.4 Å². The van der Waals surface area contributed by atoms with Crippen molar-refractivity contribution in [2.75, 3.05) is 19.3 Å². The molecule has 0 spiro atoms. The molecule has 3 rings (SSSR count). The van der Waals surface area contributed by atoms with E-state index in [2.05, 4.69) is 10.6 Å². The fourth-order valence-corrected chi connectivity index (χ4v) is 6.20. The van der Waals surface area contributed by atoms with Crippen molar-refractivity contribution < 1.29 is 45.2 Å². The number of carbonyl (C=O) groups is 4. The Morgan fingerprint density at radius 3 is 2.30 bits per heavy atom. The van der Waals surface area contributed by atoms with Crippen molar-refractivity contribution in [1.29, 1.82) is 0 Å². The predicted octanol–water partition coefficient (Wildman–Crippen LogP) is 1.57. The van der Waals surface area contributed by atoms with E-state index in [0.29, 0.717) is 38.1 Å². The van der Waals surface area contributed by atoms with Gasteiger partial charge in [0.15, 0.2) is 0 Å². The van der Waals surface area contributed by atoms with E-state index in [4.69, 9.17) is 0 Å². The van der Waals surface area contributed by atoms with Gasteiger partial charge in [0.1, 0.15) is 12.1 Å². The van der Waals surface area contributed by atoms with Gasteiger partial charge in [-0.05, 0) is 49.0 Å². The molecule has 1 aliphatic carbocycles. The molecule has 0 aromatic rings. The number of fused-ring (bicyclic) bond motifs is 1. The third-order valence-corrected chi connectivity index (χ3v) is 8.65. The molecule has 40 heavy (non-hydrogen) atoms. The summed E-state index contributed by atoms with van der Waals surface area (Å²) < 4.78 is 77.1. The molecule has 2 aliphatic heterocycles. The zero-order chi connectivity index (χ0) is 30.2. The fourth-order valence-electron chi connectivity index (χ4n) is 5.79. The monoisotopic (exact) mass is 596 g/mol. The Bertz CT molecular complexity index is 1170. The van der Waals surface area contributed by atoms with Gasteiger partial charge in [-0.2, -0.15) is 17.6 Å². The standard InChI is InChI=1S/C25H36F4N4O6S/c1-24(2,3)19(32-23(37)25(27,28)29)22(36)33-12-14-6-5-7-16(14)18(33)21(35)31-15(11-17(26)40(4,38)39)10-13-8-9-30-20(13)34/h11,13-16,18-19H,5-10,12H2,1-4H3,(H,30,34)(H,31,35)(H,32,37)/b17-11+/t13-,14-,15+,16-,18+,19-/m0/s1. The molecule has 0 aromatic heterocycles. The summed E-state index contributed by atoms with van der Waals surface area (Å²) in [5.41, 5.74) is -1.14. The van der Waals surface area contributed by atoms with E-state index in [0.717, 1.165) is 6.42 Å². The molecule has 0 aromatic carbocycles. The van der Waals surface area contributed by atoms with Crippen molar-refractivity contribution in [3.8, 4) is 0 Å². The number of carbonyl (C=O) groups excluding carboxylic acids is 4. The molecule has 3 N–H and O–H groups in total. The molecular weight excluding hydrogens is 560 g/mol. The third-order valence-electron chi connectivity index (χ3n) is 7.80. The molecule has 1 saturated carbocycles. The van der Waals surface area contributed by atoms with Crippen LogP contribution in [0.2, 0.25) is 0 Å². The first-order valence-corrected chi connectivity index (χ1v) is 15.0. The Labute approximate surface area is 230 Å². The van der Waals surface area contributed by atoms with Crippen molar-refractivity contribution in [1.82, 2.24) is 20.9 Å². The number of halogens is 4. The second-order valence-electron chi connectivity index (χ2n) is 11.9. The molecule has 3 aliphatic rings. The Morgan fingerprint density at radius 2 is 1.77 bits per heavy atom. The van der Waals surface area contributed by atoms with E-state index in [9.17, 15) is 45.2 Å². The lowest BCUT2D eigenvalue weighted by atomic mass is 9.85. The van der Waals surface area contributed by atoms with Crippen LogP contribution in [0.5, 0.6) is 0 Å². The van der Waals surface area contributed by atoms with Crippen molar-refractivity contribution in [3.05, 3.63) is 11.2 Å². The van der Waals surface area contributed by atoms with Gasteiger partial charge in [0.05, 0.1) is 6.04 Å². The summed E-state index contributed by atoms with van der Waals surface area (Å²) in [4.78, 5) is 52.4. The molecule has 226 valence electrons. The lowest BCUT2D eigenvalue weighted by molar-refractivity contribution is -0.176. The zero-order valence-electron chi connectivity index (χ0n) is 22.8. The second kappa shape index (κ2) is 11.6. The maximum atomic E-state index is 14.5. The predicted molar refractivity (Wildman–Crippen MR) is 135 cm³/mol. The average molecular weight is 597 g/mol. The highest BCUT2D eigenvalue weighted by molar-refractivity contribution is 7.94. The lowest BCUT2D eigenvalue weighted by Crippen LogP contribution is -2.60. The van der Waals surface area contributed by atoms with Crippen molar-refractivity contribution in [2.24, 2.45) is 23.2 Å². The molecular formula is C25H36F4N4O6S. The zero-order valence-corrected chi connectivity index (χ0v) is 23.6. The number of hydrogen-bond acceptors (Lipinski definition) is 6. The van der Waals surface area contributed by atoms with Crippen LogP contribution in [0, 0.1) is 23.2 Å². The number of sulfone groups is 1. The summed E-state index contributed by atoms with van der Waals surface area (Å²) in [6.45, 7) is 4.91. The van der Waals surface area contributed by atoms with E-state index in [1.165, 1.54) is 25.7 Å². The van der Waals surface area contributed by atoms with E-state index in [1.807, 2.05) is 0 Å². The van der Waals surface area contributed by atoms with Gasteiger partial charge in [-0.25, -0.2) is 8.42 Å². The molecule has 2 saturated heterocycles. The molecule has 10 nitrogen and oxygen atoms in total. The first-order chi connectivity index (χ1) is 18.3. The largest absolute Gasteiger partial charge is 0.471 e. The Morgan fingerprint density at radius 1 is 1.12 bits per heavy atom. The second-order valence-corrected chi connectivity index (χ2v) is 13.9. The van der Waals surface area contributed by atoms with E-state index >= 15 is 0 Å². The molecule has 0 radical (unpaired) electrons. The average Bonchev–Trinajstić information content (AvgIpc) is 3.50. The lowest BCUT2D eigenvalue weighted by Gasteiger charge is -2.36. The van der Waals surface area contributed by atoms with Crippen molar-refractivity contribution >= 4 is 33.5 Å². The number of nitrogens with zero attached hydrogens (tertiary/aromatic N) is 1. The Hall–Kier alpha value is -2.71. The number of nitrogens with one attached hydrogen (secondary N) is 3. The Balaban J connectivity index is 1.91. The van der Waals surface area contributed by atoms with Crippen molar-refractivity contribution in [3.63, 3.8) is 0 Å².